The first-order valence-corrected chi connectivity index (χ1v) is 8.99. The Kier molecular flexibility index (Phi) is 4.13. The molecule has 1 saturated carbocycles. The third kappa shape index (κ3) is 3.05. The van der Waals surface area contributed by atoms with Crippen LogP contribution in [0.5, 0.6) is 5.75 Å². The standard InChI is InChI=1S/C21H21FN2O3/c1-23(15-5-3-2-4-6-15)19(26)14-10-21(11-14)12-24(13-21)20(27)17-9-16(25)7-8-18(17)22/h2-9,14,25H,10-13H2,1H3. The van der Waals surface area contributed by atoms with Gasteiger partial charge in [0.15, 0.2) is 0 Å². The van der Waals surface area contributed by atoms with Gasteiger partial charge in [0, 0.05) is 37.2 Å². The smallest absolute Gasteiger partial charge is 0.257 e. The van der Waals surface area contributed by atoms with E-state index < -0.39 is 11.7 Å². The van der Waals surface area contributed by atoms with E-state index in [2.05, 4.69) is 0 Å². The number of phenolic OH excluding ortho intramolecular Hbond substituents is 1. The van der Waals surface area contributed by atoms with E-state index in [9.17, 15) is 19.1 Å². The van der Waals surface area contributed by atoms with Gasteiger partial charge in [-0.15, -0.1) is 0 Å². The van der Waals surface area contributed by atoms with E-state index in [1.807, 2.05) is 30.3 Å². The molecule has 0 atom stereocenters. The SMILES string of the molecule is CN(C(=O)C1CC2(C1)CN(C(=O)c1cc(O)ccc1F)C2)c1ccccc1. The van der Waals surface area contributed by atoms with Gasteiger partial charge in [0.05, 0.1) is 5.56 Å². The van der Waals surface area contributed by atoms with Crippen LogP contribution in [-0.2, 0) is 4.79 Å². The van der Waals surface area contributed by atoms with Crippen LogP contribution in [-0.4, -0.2) is 42.0 Å². The van der Waals surface area contributed by atoms with Gasteiger partial charge in [0.25, 0.3) is 5.91 Å². The Morgan fingerprint density at radius 1 is 1.15 bits per heavy atom. The van der Waals surface area contributed by atoms with Gasteiger partial charge in [-0.3, -0.25) is 9.59 Å². The predicted octanol–water partition coefficient (Wildman–Crippen LogP) is 3.05. The lowest BCUT2D eigenvalue weighted by atomic mass is 9.57. The van der Waals surface area contributed by atoms with Crippen LogP contribution in [0.3, 0.4) is 0 Å². The number of anilines is 1. The van der Waals surface area contributed by atoms with Crippen molar-refractivity contribution in [3.05, 3.63) is 59.9 Å². The largest absolute Gasteiger partial charge is 0.508 e. The fourth-order valence-corrected chi connectivity index (χ4v) is 4.23. The molecule has 2 amide bonds. The maximum Gasteiger partial charge on any atom is 0.257 e. The number of halogens is 1. The summed E-state index contributed by atoms with van der Waals surface area (Å²) < 4.78 is 13.8. The maximum absolute atomic E-state index is 13.8. The molecule has 1 aliphatic heterocycles. The molecule has 0 bridgehead atoms. The number of benzene rings is 2. The number of hydrogen-bond donors (Lipinski definition) is 1. The zero-order chi connectivity index (χ0) is 19.2. The molecule has 4 rings (SSSR count). The van der Waals surface area contributed by atoms with E-state index in [1.165, 1.54) is 6.07 Å². The fourth-order valence-electron chi connectivity index (χ4n) is 4.23. The highest BCUT2D eigenvalue weighted by Gasteiger charge is 2.56. The quantitative estimate of drug-likeness (QED) is 0.906. The number of amides is 2. The normalized spacial score (nSPS) is 17.9. The average molecular weight is 368 g/mol. The molecule has 1 heterocycles. The van der Waals surface area contributed by atoms with Crippen molar-refractivity contribution in [3.63, 3.8) is 0 Å². The highest BCUT2D eigenvalue weighted by Crippen LogP contribution is 2.52. The third-order valence-corrected chi connectivity index (χ3v) is 5.70. The Morgan fingerprint density at radius 2 is 1.81 bits per heavy atom. The van der Waals surface area contributed by atoms with E-state index >= 15 is 0 Å². The molecule has 2 fully saturated rings. The molecule has 6 heteroatoms. The van der Waals surface area contributed by atoms with Crippen LogP contribution in [0.2, 0.25) is 0 Å². The number of aromatic hydroxyl groups is 1. The van der Waals surface area contributed by atoms with Crippen molar-refractivity contribution in [1.82, 2.24) is 4.90 Å². The van der Waals surface area contributed by atoms with Crippen LogP contribution >= 0.6 is 0 Å². The zero-order valence-corrected chi connectivity index (χ0v) is 15.1. The summed E-state index contributed by atoms with van der Waals surface area (Å²) in [6.45, 7) is 1.06. The number of nitrogens with zero attached hydrogens (tertiary/aromatic N) is 2. The summed E-state index contributed by atoms with van der Waals surface area (Å²) in [6, 6.07) is 13.0. The highest BCUT2D eigenvalue weighted by atomic mass is 19.1. The minimum absolute atomic E-state index is 0.0270. The van der Waals surface area contributed by atoms with Crippen LogP contribution in [0.1, 0.15) is 23.2 Å². The minimum Gasteiger partial charge on any atom is -0.508 e. The topological polar surface area (TPSA) is 60.9 Å². The lowest BCUT2D eigenvalue weighted by Crippen LogP contribution is -2.65. The number of para-hydroxylation sites is 1. The molecular formula is C21H21FN2O3. The van der Waals surface area contributed by atoms with Gasteiger partial charge in [-0.25, -0.2) is 4.39 Å². The number of likely N-dealkylation sites (tertiary alicyclic amines) is 1. The Balaban J connectivity index is 1.34. The Labute approximate surface area is 157 Å². The summed E-state index contributed by atoms with van der Waals surface area (Å²) in [6.07, 6.45) is 1.49. The van der Waals surface area contributed by atoms with E-state index in [0.717, 1.165) is 30.7 Å². The van der Waals surface area contributed by atoms with Gasteiger partial charge in [0.2, 0.25) is 5.91 Å². The van der Waals surface area contributed by atoms with Crippen LogP contribution < -0.4 is 4.90 Å². The van der Waals surface area contributed by atoms with Crippen molar-refractivity contribution in [2.45, 2.75) is 12.8 Å². The Hall–Kier alpha value is -2.89. The van der Waals surface area contributed by atoms with Gasteiger partial charge >= 0.3 is 0 Å². The second-order valence-electron chi connectivity index (χ2n) is 7.66. The molecule has 0 aromatic heterocycles. The van der Waals surface area contributed by atoms with Gasteiger partial charge in [-0.1, -0.05) is 18.2 Å². The molecule has 1 N–H and O–H groups in total. The molecule has 140 valence electrons. The minimum atomic E-state index is -0.634. The third-order valence-electron chi connectivity index (χ3n) is 5.70. The van der Waals surface area contributed by atoms with Crippen LogP contribution in [0.15, 0.2) is 48.5 Å². The number of hydrogen-bond acceptors (Lipinski definition) is 3. The monoisotopic (exact) mass is 368 g/mol. The van der Waals surface area contributed by atoms with Gasteiger partial charge in [0.1, 0.15) is 11.6 Å². The highest BCUT2D eigenvalue weighted by molar-refractivity contribution is 5.97. The van der Waals surface area contributed by atoms with Crippen molar-refractivity contribution in [2.24, 2.45) is 11.3 Å². The van der Waals surface area contributed by atoms with Crippen molar-refractivity contribution in [1.29, 1.82) is 0 Å². The molecule has 1 saturated heterocycles. The van der Waals surface area contributed by atoms with E-state index in [1.54, 1.807) is 16.8 Å². The Bertz CT molecular complexity index is 886. The van der Waals surface area contributed by atoms with Crippen molar-refractivity contribution >= 4 is 17.5 Å². The summed E-state index contributed by atoms with van der Waals surface area (Å²) in [5.74, 6) is -1.12. The molecule has 5 nitrogen and oxygen atoms in total. The van der Waals surface area contributed by atoms with Crippen LogP contribution in [0.4, 0.5) is 10.1 Å². The molecular weight excluding hydrogens is 347 g/mol. The molecule has 2 aromatic carbocycles. The predicted molar refractivity (Wildman–Crippen MR) is 99.0 cm³/mol. The molecule has 27 heavy (non-hydrogen) atoms. The first-order valence-electron chi connectivity index (χ1n) is 8.99. The van der Waals surface area contributed by atoms with Crippen LogP contribution in [0.25, 0.3) is 0 Å². The summed E-state index contributed by atoms with van der Waals surface area (Å²) in [5, 5.41) is 9.48. The van der Waals surface area contributed by atoms with Crippen molar-refractivity contribution in [3.8, 4) is 5.75 Å². The van der Waals surface area contributed by atoms with Crippen LogP contribution in [0, 0.1) is 17.2 Å². The second-order valence-corrected chi connectivity index (χ2v) is 7.66. The number of rotatable bonds is 3. The molecule has 1 aliphatic carbocycles. The van der Waals surface area contributed by atoms with Crippen molar-refractivity contribution in [2.75, 3.05) is 25.0 Å². The van der Waals surface area contributed by atoms with Gasteiger partial charge in [-0.05, 0) is 43.2 Å². The molecule has 0 radical (unpaired) electrons. The number of carbonyl (C=O) groups excluding carboxylic acids is 2. The fraction of sp³-hybridized carbons (Fsp3) is 0.333. The lowest BCUT2D eigenvalue weighted by molar-refractivity contribution is -0.137. The van der Waals surface area contributed by atoms with E-state index in [0.29, 0.717) is 13.1 Å². The molecule has 0 unspecified atom stereocenters. The second kappa shape index (κ2) is 6.37. The van der Waals surface area contributed by atoms with E-state index in [4.69, 9.17) is 0 Å². The Morgan fingerprint density at radius 3 is 2.48 bits per heavy atom. The summed E-state index contributed by atoms with van der Waals surface area (Å²) in [7, 11) is 1.78. The summed E-state index contributed by atoms with van der Waals surface area (Å²) >= 11 is 0. The zero-order valence-electron chi connectivity index (χ0n) is 15.1. The summed E-state index contributed by atoms with van der Waals surface area (Å²) in [5.41, 5.74) is 0.731. The molecule has 2 aliphatic rings. The van der Waals surface area contributed by atoms with Gasteiger partial charge in [-0.2, -0.15) is 0 Å². The first kappa shape index (κ1) is 17.5. The first-order chi connectivity index (χ1) is 12.9. The number of carbonyl (C=O) groups is 2. The number of phenols is 1. The van der Waals surface area contributed by atoms with E-state index in [-0.39, 0.29) is 28.6 Å². The lowest BCUT2D eigenvalue weighted by Gasteiger charge is -2.58. The summed E-state index contributed by atoms with van der Waals surface area (Å²) in [4.78, 5) is 28.3. The molecule has 2 aromatic rings. The van der Waals surface area contributed by atoms with Gasteiger partial charge < -0.3 is 14.9 Å². The van der Waals surface area contributed by atoms with Crippen molar-refractivity contribution < 1.29 is 19.1 Å². The molecule has 1 spiro atoms. The average Bonchev–Trinajstić information content (AvgIpc) is 2.61. The maximum atomic E-state index is 13.8.